The van der Waals surface area contributed by atoms with Crippen molar-refractivity contribution in [2.75, 3.05) is 0 Å². The third kappa shape index (κ3) is 4.54. The monoisotopic (exact) mass is 446 g/mol. The van der Waals surface area contributed by atoms with E-state index >= 15 is 0 Å². The summed E-state index contributed by atoms with van der Waals surface area (Å²) in [7, 11) is 0. The molecule has 138 valence electrons. The summed E-state index contributed by atoms with van der Waals surface area (Å²) in [6.07, 6.45) is 1.58. The van der Waals surface area contributed by atoms with Crippen molar-refractivity contribution in [3.05, 3.63) is 98.5 Å². The van der Waals surface area contributed by atoms with E-state index in [1.165, 1.54) is 12.3 Å². The molecule has 3 rings (SSSR count). The second kappa shape index (κ2) is 8.63. The summed E-state index contributed by atoms with van der Waals surface area (Å²) < 4.78 is 14.6. The molecule has 1 heterocycles. The molecule has 3 aromatic rings. The Labute approximate surface area is 170 Å². The second-order valence-electron chi connectivity index (χ2n) is 6.20. The molecule has 1 unspecified atom stereocenters. The molecule has 6 heteroatoms. The Hall–Kier alpha value is -2.24. The normalized spacial score (nSPS) is 12.8. The van der Waals surface area contributed by atoms with Crippen molar-refractivity contribution in [1.29, 1.82) is 0 Å². The van der Waals surface area contributed by atoms with Gasteiger partial charge in [0.1, 0.15) is 0 Å². The molecule has 2 aromatic carbocycles. The number of aromatic nitrogens is 1. The molecule has 0 radical (unpaired) electrons. The van der Waals surface area contributed by atoms with Gasteiger partial charge in [-0.3, -0.25) is 0 Å². The van der Waals surface area contributed by atoms with Crippen LogP contribution in [0.5, 0.6) is 0 Å². The molecule has 0 spiro atoms. The predicted octanol–water partition coefficient (Wildman–Crippen LogP) is 6.35. The van der Waals surface area contributed by atoms with Gasteiger partial charge in [-0.15, -0.1) is 0 Å². The maximum atomic E-state index is 13.6. The maximum absolute atomic E-state index is 13.6. The quantitative estimate of drug-likeness (QED) is 0.214. The van der Waals surface area contributed by atoms with Gasteiger partial charge in [-0.2, -0.15) is 4.39 Å². The Morgan fingerprint density at radius 2 is 1.93 bits per heavy atom. The minimum atomic E-state index is -0.674. The fraction of sp³-hybridized carbons (Fsp3) is 0.143. The first-order valence-electron chi connectivity index (χ1n) is 8.33. The molecular weight excluding hydrogens is 431 g/mol. The molecule has 0 saturated carbocycles. The highest BCUT2D eigenvalue weighted by Crippen LogP contribution is 2.33. The van der Waals surface area contributed by atoms with E-state index in [2.05, 4.69) is 26.1 Å². The topological polar surface area (TPSA) is 45.5 Å². The standard InChI is InChI=1S/C21H17BrClFN2O/c1-13-4-2-3-5-16(13)17(14-6-8-15(22)9-7-14)10-20(26-27)18-11-21(24)25-12-19(18)23/h2-9,11-12,17,27H,10H2,1H3. The molecule has 0 amide bonds. The van der Waals surface area contributed by atoms with Crippen molar-refractivity contribution in [2.24, 2.45) is 5.16 Å². The van der Waals surface area contributed by atoms with E-state index in [-0.39, 0.29) is 10.9 Å². The fourth-order valence-corrected chi connectivity index (χ4v) is 3.59. The van der Waals surface area contributed by atoms with Crippen LogP contribution in [0.2, 0.25) is 5.02 Å². The number of halogens is 3. The fourth-order valence-electron chi connectivity index (χ4n) is 3.11. The number of nitrogens with zero attached hydrogens (tertiary/aromatic N) is 2. The molecule has 1 aromatic heterocycles. The minimum absolute atomic E-state index is 0.0857. The summed E-state index contributed by atoms with van der Waals surface area (Å²) in [5.74, 6) is -0.760. The number of benzene rings is 2. The van der Waals surface area contributed by atoms with Gasteiger partial charge in [-0.1, -0.05) is 69.1 Å². The third-order valence-corrected chi connectivity index (χ3v) is 5.32. The van der Waals surface area contributed by atoms with Gasteiger partial charge in [-0.25, -0.2) is 4.98 Å². The van der Waals surface area contributed by atoms with E-state index in [0.29, 0.717) is 17.7 Å². The number of aryl methyl sites for hydroxylation is 1. The van der Waals surface area contributed by atoms with Gasteiger partial charge in [-0.05, 0) is 35.7 Å². The van der Waals surface area contributed by atoms with Crippen LogP contribution in [0.3, 0.4) is 0 Å². The highest BCUT2D eigenvalue weighted by molar-refractivity contribution is 9.10. The van der Waals surface area contributed by atoms with Crippen LogP contribution in [-0.2, 0) is 0 Å². The molecule has 3 nitrogen and oxygen atoms in total. The highest BCUT2D eigenvalue weighted by Gasteiger charge is 2.22. The summed E-state index contributed by atoms with van der Waals surface area (Å²) in [5, 5.41) is 13.3. The van der Waals surface area contributed by atoms with Gasteiger partial charge >= 0.3 is 0 Å². The van der Waals surface area contributed by atoms with E-state index in [9.17, 15) is 9.60 Å². The van der Waals surface area contributed by atoms with Gasteiger partial charge in [0.25, 0.3) is 0 Å². The second-order valence-corrected chi connectivity index (χ2v) is 7.52. The Balaban J connectivity index is 2.06. The van der Waals surface area contributed by atoms with Gasteiger partial charge in [0, 0.05) is 34.6 Å². The zero-order chi connectivity index (χ0) is 19.4. The molecule has 0 saturated heterocycles. The SMILES string of the molecule is Cc1ccccc1C(CC(=NO)c1cc(F)ncc1Cl)c1ccc(Br)cc1. The van der Waals surface area contributed by atoms with Gasteiger partial charge < -0.3 is 5.21 Å². The van der Waals surface area contributed by atoms with Crippen molar-refractivity contribution in [2.45, 2.75) is 19.3 Å². The van der Waals surface area contributed by atoms with E-state index in [0.717, 1.165) is 21.2 Å². The zero-order valence-corrected chi connectivity index (χ0v) is 16.9. The van der Waals surface area contributed by atoms with Crippen LogP contribution in [0.15, 0.2) is 70.4 Å². The summed E-state index contributed by atoms with van der Waals surface area (Å²) in [6.45, 7) is 2.04. The minimum Gasteiger partial charge on any atom is -0.411 e. The first-order chi connectivity index (χ1) is 13.0. The summed E-state index contributed by atoms with van der Waals surface area (Å²) in [6, 6.07) is 17.2. The molecule has 0 aliphatic carbocycles. The predicted molar refractivity (Wildman–Crippen MR) is 109 cm³/mol. The molecule has 0 fully saturated rings. The Bertz CT molecular complexity index is 976. The first kappa shape index (κ1) is 19.5. The number of rotatable bonds is 5. The van der Waals surface area contributed by atoms with E-state index in [4.69, 9.17) is 11.6 Å². The molecule has 0 bridgehead atoms. The van der Waals surface area contributed by atoms with Crippen molar-refractivity contribution in [3.8, 4) is 0 Å². The van der Waals surface area contributed by atoms with Crippen molar-refractivity contribution >= 4 is 33.2 Å². The van der Waals surface area contributed by atoms with Gasteiger partial charge in [0.2, 0.25) is 5.95 Å². The molecule has 1 atom stereocenters. The van der Waals surface area contributed by atoms with E-state index in [1.54, 1.807) is 0 Å². The lowest BCUT2D eigenvalue weighted by Crippen LogP contribution is -2.12. The van der Waals surface area contributed by atoms with Crippen LogP contribution in [0.1, 0.15) is 34.6 Å². The van der Waals surface area contributed by atoms with E-state index < -0.39 is 5.95 Å². The number of pyridine rings is 1. The Kier molecular flexibility index (Phi) is 6.24. The summed E-state index contributed by atoms with van der Waals surface area (Å²) in [4.78, 5) is 3.53. The van der Waals surface area contributed by atoms with Crippen molar-refractivity contribution < 1.29 is 9.60 Å². The third-order valence-electron chi connectivity index (χ3n) is 4.49. The smallest absolute Gasteiger partial charge is 0.213 e. The first-order valence-corrected chi connectivity index (χ1v) is 9.50. The van der Waals surface area contributed by atoms with Crippen LogP contribution in [0.25, 0.3) is 0 Å². The molecule has 27 heavy (non-hydrogen) atoms. The Morgan fingerprint density at radius 3 is 2.59 bits per heavy atom. The number of oxime groups is 1. The lowest BCUT2D eigenvalue weighted by atomic mass is 9.83. The largest absolute Gasteiger partial charge is 0.411 e. The molecule has 0 aliphatic heterocycles. The van der Waals surface area contributed by atoms with Crippen LogP contribution >= 0.6 is 27.5 Å². The maximum Gasteiger partial charge on any atom is 0.213 e. The van der Waals surface area contributed by atoms with Gasteiger partial charge in [0.05, 0.1) is 10.7 Å². The number of hydrogen-bond acceptors (Lipinski definition) is 3. The molecule has 0 aliphatic rings. The average molecular weight is 448 g/mol. The Morgan fingerprint density at radius 1 is 1.22 bits per heavy atom. The van der Waals surface area contributed by atoms with Crippen LogP contribution in [0, 0.1) is 12.9 Å². The highest BCUT2D eigenvalue weighted by atomic mass is 79.9. The van der Waals surface area contributed by atoms with Crippen molar-refractivity contribution in [3.63, 3.8) is 0 Å². The van der Waals surface area contributed by atoms with E-state index in [1.807, 2.05) is 55.5 Å². The lowest BCUT2D eigenvalue weighted by Gasteiger charge is -2.21. The zero-order valence-electron chi connectivity index (χ0n) is 14.5. The van der Waals surface area contributed by atoms with Crippen LogP contribution in [-0.4, -0.2) is 15.9 Å². The molecule has 1 N–H and O–H groups in total. The molecular formula is C21H17BrClFN2O. The van der Waals surface area contributed by atoms with Crippen LogP contribution in [0.4, 0.5) is 4.39 Å². The summed E-state index contributed by atoms with van der Waals surface area (Å²) >= 11 is 9.62. The lowest BCUT2D eigenvalue weighted by molar-refractivity contribution is 0.317. The number of hydrogen-bond donors (Lipinski definition) is 1. The van der Waals surface area contributed by atoms with Crippen LogP contribution < -0.4 is 0 Å². The summed E-state index contributed by atoms with van der Waals surface area (Å²) in [5.41, 5.74) is 3.92. The van der Waals surface area contributed by atoms with Crippen molar-refractivity contribution in [1.82, 2.24) is 4.98 Å². The average Bonchev–Trinajstić information content (AvgIpc) is 2.67. The van der Waals surface area contributed by atoms with Gasteiger partial charge in [0.15, 0.2) is 0 Å².